The van der Waals surface area contributed by atoms with Crippen molar-refractivity contribution in [1.29, 1.82) is 0 Å². The Morgan fingerprint density at radius 1 is 1.36 bits per heavy atom. The summed E-state index contributed by atoms with van der Waals surface area (Å²) in [7, 11) is 0. The maximum Gasteiger partial charge on any atom is 0.267 e. The number of hydrogen-bond donors (Lipinski definition) is 3. The number of hydrogen-bond acceptors (Lipinski definition) is 3. The molecule has 0 saturated carbocycles. The minimum absolute atomic E-state index is 0.0686. The minimum Gasteiger partial charge on any atom is -0.489 e. The predicted molar refractivity (Wildman–Crippen MR) is 82.6 cm³/mol. The number of primary amides is 1. The molecule has 0 saturated heterocycles. The van der Waals surface area contributed by atoms with Crippen molar-refractivity contribution in [2.45, 2.75) is 19.3 Å². The molecule has 1 aromatic carbocycles. The number of carbonyl (C=O) groups excluding carboxylic acids is 1. The van der Waals surface area contributed by atoms with Crippen molar-refractivity contribution in [3.8, 4) is 5.75 Å². The van der Waals surface area contributed by atoms with Gasteiger partial charge in [-0.05, 0) is 24.6 Å². The molecular weight excluding hydrogens is 282 g/mol. The molecule has 1 aromatic heterocycles. The summed E-state index contributed by atoms with van der Waals surface area (Å²) < 4.78 is 5.73. The van der Waals surface area contributed by atoms with Gasteiger partial charge in [0.2, 0.25) is 5.91 Å². The van der Waals surface area contributed by atoms with Gasteiger partial charge in [0.1, 0.15) is 12.4 Å². The molecule has 6 nitrogen and oxygen atoms in total. The Kier molecular flexibility index (Phi) is 3.58. The molecule has 1 amide bonds. The Labute approximate surface area is 127 Å². The van der Waals surface area contributed by atoms with Gasteiger partial charge in [-0.3, -0.25) is 14.7 Å². The first-order valence-corrected chi connectivity index (χ1v) is 7.04. The normalized spacial score (nSPS) is 14.7. The molecule has 0 bridgehead atoms. The molecule has 0 unspecified atom stereocenters. The monoisotopic (exact) mass is 299 g/mol. The van der Waals surface area contributed by atoms with Gasteiger partial charge in [-0.2, -0.15) is 0 Å². The van der Waals surface area contributed by atoms with Crippen LogP contribution in [0.2, 0.25) is 0 Å². The van der Waals surface area contributed by atoms with E-state index in [2.05, 4.69) is 10.2 Å². The lowest BCUT2D eigenvalue weighted by Gasteiger charge is -2.23. The van der Waals surface area contributed by atoms with E-state index in [9.17, 15) is 9.59 Å². The molecule has 114 valence electrons. The van der Waals surface area contributed by atoms with E-state index in [0.717, 1.165) is 16.9 Å². The topological polar surface area (TPSA) is 101 Å². The van der Waals surface area contributed by atoms with Crippen molar-refractivity contribution in [1.82, 2.24) is 10.2 Å². The number of rotatable bonds is 4. The predicted octanol–water partition coefficient (Wildman–Crippen LogP) is 1.45. The Bertz CT molecular complexity index is 801. The van der Waals surface area contributed by atoms with Gasteiger partial charge >= 0.3 is 0 Å². The summed E-state index contributed by atoms with van der Waals surface area (Å²) in [6.45, 7) is 2.12. The molecule has 0 spiro atoms. The number of nitrogens with two attached hydrogens (primary N) is 1. The second-order valence-electron chi connectivity index (χ2n) is 5.39. The highest BCUT2D eigenvalue weighted by molar-refractivity contribution is 5.76. The van der Waals surface area contributed by atoms with E-state index in [4.69, 9.17) is 10.5 Å². The summed E-state index contributed by atoms with van der Waals surface area (Å²) in [6, 6.07) is 7.64. The Morgan fingerprint density at radius 2 is 2.14 bits per heavy atom. The molecule has 6 heteroatoms. The van der Waals surface area contributed by atoms with E-state index >= 15 is 0 Å². The van der Waals surface area contributed by atoms with Crippen LogP contribution >= 0.6 is 0 Å². The third-order valence-corrected chi connectivity index (χ3v) is 3.87. The summed E-state index contributed by atoms with van der Waals surface area (Å²) in [4.78, 5) is 23.5. The third kappa shape index (κ3) is 2.55. The van der Waals surface area contributed by atoms with Crippen LogP contribution in [0.1, 0.15) is 29.2 Å². The zero-order valence-corrected chi connectivity index (χ0v) is 12.2. The fraction of sp³-hybridized carbons (Fsp3) is 0.250. The molecule has 1 atom stereocenters. The number of benzene rings is 1. The molecule has 1 aliphatic rings. The maximum atomic E-state index is 12.0. The first kappa shape index (κ1) is 14.2. The van der Waals surface area contributed by atoms with Crippen LogP contribution in [0, 0.1) is 6.92 Å². The van der Waals surface area contributed by atoms with E-state index in [-0.39, 0.29) is 17.9 Å². The van der Waals surface area contributed by atoms with Crippen LogP contribution in [0.5, 0.6) is 5.75 Å². The zero-order chi connectivity index (χ0) is 15.7. The van der Waals surface area contributed by atoms with Crippen LogP contribution < -0.4 is 16.0 Å². The van der Waals surface area contributed by atoms with Crippen molar-refractivity contribution in [3.63, 3.8) is 0 Å². The lowest BCUT2D eigenvalue weighted by molar-refractivity contribution is -0.118. The average molecular weight is 299 g/mol. The number of aromatic nitrogens is 2. The van der Waals surface area contributed by atoms with Gasteiger partial charge in [-0.15, -0.1) is 0 Å². The smallest absolute Gasteiger partial charge is 0.267 e. The first-order valence-electron chi connectivity index (χ1n) is 7.04. The summed E-state index contributed by atoms with van der Waals surface area (Å²) in [5.41, 5.74) is 8.18. The van der Waals surface area contributed by atoms with Gasteiger partial charge in [-0.25, -0.2) is 0 Å². The van der Waals surface area contributed by atoms with Gasteiger partial charge < -0.3 is 15.6 Å². The fourth-order valence-electron chi connectivity index (χ4n) is 2.83. The summed E-state index contributed by atoms with van der Waals surface area (Å²) in [5, 5.41) is 5.34. The molecule has 22 heavy (non-hydrogen) atoms. The quantitative estimate of drug-likeness (QED) is 0.796. The van der Waals surface area contributed by atoms with E-state index in [1.54, 1.807) is 6.92 Å². The largest absolute Gasteiger partial charge is 0.489 e. The molecular formula is C16H17N3O3. The van der Waals surface area contributed by atoms with Crippen LogP contribution in [-0.4, -0.2) is 22.7 Å². The van der Waals surface area contributed by atoms with Crippen LogP contribution in [0.3, 0.4) is 0 Å². The standard InChI is InChI=1S/C16H17N3O3/c1-9-15(16(21)19-18-9)12(7-14(17)20)11-6-10-4-2-3-5-13(10)22-8-11/h2-6,12H,7-8H2,1H3,(H2,17,20)(H2,18,19,21)/t12-/m1/s1. The molecule has 4 N–H and O–H groups in total. The zero-order valence-electron chi connectivity index (χ0n) is 12.2. The van der Waals surface area contributed by atoms with E-state index in [1.807, 2.05) is 30.3 Å². The second-order valence-corrected chi connectivity index (χ2v) is 5.39. The van der Waals surface area contributed by atoms with Crippen molar-refractivity contribution in [3.05, 3.63) is 57.0 Å². The van der Waals surface area contributed by atoms with Crippen molar-refractivity contribution in [2.24, 2.45) is 5.73 Å². The number of H-pyrrole nitrogens is 2. The molecule has 0 radical (unpaired) electrons. The number of carbonyl (C=O) groups is 1. The second kappa shape index (κ2) is 5.55. The SMILES string of the molecule is Cc1[nH][nH]c(=O)c1[C@H](CC(N)=O)C1=Cc2ccccc2OC1. The van der Waals surface area contributed by atoms with Gasteiger partial charge in [-0.1, -0.05) is 18.2 Å². The summed E-state index contributed by atoms with van der Waals surface area (Å²) >= 11 is 0. The van der Waals surface area contributed by atoms with Crippen LogP contribution in [0.15, 0.2) is 34.6 Å². The highest BCUT2D eigenvalue weighted by Gasteiger charge is 2.27. The fourth-order valence-corrected chi connectivity index (χ4v) is 2.83. The lowest BCUT2D eigenvalue weighted by Crippen LogP contribution is -2.24. The summed E-state index contributed by atoms with van der Waals surface area (Å²) in [5.74, 6) is -0.0469. The van der Waals surface area contributed by atoms with E-state index < -0.39 is 5.91 Å². The number of aromatic amines is 2. The minimum atomic E-state index is -0.454. The highest BCUT2D eigenvalue weighted by Crippen LogP contribution is 2.34. The van der Waals surface area contributed by atoms with Gasteiger partial charge in [0, 0.05) is 29.2 Å². The highest BCUT2D eigenvalue weighted by atomic mass is 16.5. The number of para-hydroxylation sites is 1. The van der Waals surface area contributed by atoms with E-state index in [1.165, 1.54) is 0 Å². The number of amides is 1. The Balaban J connectivity index is 2.06. The van der Waals surface area contributed by atoms with Gasteiger partial charge in [0.05, 0.1) is 0 Å². The summed E-state index contributed by atoms with van der Waals surface area (Å²) in [6.07, 6.45) is 2.04. The molecule has 1 aliphatic heterocycles. The Morgan fingerprint density at radius 3 is 2.82 bits per heavy atom. The molecule has 2 aromatic rings. The molecule has 3 rings (SSSR count). The van der Waals surface area contributed by atoms with Crippen molar-refractivity contribution < 1.29 is 9.53 Å². The molecule has 0 fully saturated rings. The van der Waals surface area contributed by atoms with Crippen molar-refractivity contribution in [2.75, 3.05) is 6.61 Å². The van der Waals surface area contributed by atoms with Gasteiger partial charge in [0.25, 0.3) is 5.56 Å². The van der Waals surface area contributed by atoms with Gasteiger partial charge in [0.15, 0.2) is 0 Å². The van der Waals surface area contributed by atoms with Crippen LogP contribution in [0.4, 0.5) is 0 Å². The van der Waals surface area contributed by atoms with Crippen LogP contribution in [-0.2, 0) is 4.79 Å². The first-order chi connectivity index (χ1) is 10.6. The molecule has 0 aliphatic carbocycles. The van der Waals surface area contributed by atoms with E-state index in [0.29, 0.717) is 17.9 Å². The third-order valence-electron chi connectivity index (χ3n) is 3.87. The molecule has 2 heterocycles. The number of nitrogens with one attached hydrogen (secondary N) is 2. The number of fused-ring (bicyclic) bond motifs is 1. The number of aryl methyl sites for hydroxylation is 1. The van der Waals surface area contributed by atoms with Crippen LogP contribution in [0.25, 0.3) is 6.08 Å². The Hall–Kier alpha value is -2.76. The maximum absolute atomic E-state index is 12.0. The number of ether oxygens (including phenoxy) is 1. The average Bonchev–Trinajstić information content (AvgIpc) is 2.83. The lowest BCUT2D eigenvalue weighted by atomic mass is 9.86. The van der Waals surface area contributed by atoms with Crippen molar-refractivity contribution >= 4 is 12.0 Å².